The van der Waals surface area contributed by atoms with Crippen molar-refractivity contribution in [3.8, 4) is 11.3 Å². The first-order chi connectivity index (χ1) is 14.9. The molecule has 2 aliphatic heterocycles. The highest BCUT2D eigenvalue weighted by atomic mass is 32.2. The number of carbonyl (C=O) groups excluding carboxylic acids is 3. The lowest BCUT2D eigenvalue weighted by Crippen LogP contribution is -2.46. The Hall–Kier alpha value is -3.44. The molecule has 0 spiro atoms. The largest absolute Gasteiger partial charge is 0.457 e. The van der Waals surface area contributed by atoms with Gasteiger partial charge in [0.2, 0.25) is 5.91 Å². The van der Waals surface area contributed by atoms with Crippen LogP contribution in [-0.4, -0.2) is 64.6 Å². The summed E-state index contributed by atoms with van der Waals surface area (Å²) in [5, 5.41) is 10.4. The number of nitro groups is 1. The van der Waals surface area contributed by atoms with Crippen molar-refractivity contribution in [3.05, 3.63) is 57.2 Å². The smallest absolute Gasteiger partial charge is 0.294 e. The first-order valence-electron chi connectivity index (χ1n) is 9.38. The van der Waals surface area contributed by atoms with E-state index in [0.29, 0.717) is 43.4 Å². The standard InChI is InChI=1S/C20H17N3O7S/c24-18(21-6-8-29-9-7-21)12-22-19(25)17(31-20(22)26)11-15-4-5-16(30-15)13-2-1-3-14(10-13)23(27)28/h1-5,10-11H,6-9,12H2/b17-11+. The van der Waals surface area contributed by atoms with Crippen LogP contribution in [0.1, 0.15) is 5.76 Å². The summed E-state index contributed by atoms with van der Waals surface area (Å²) in [5.74, 6) is -0.175. The number of hydrogen-bond acceptors (Lipinski definition) is 8. The molecule has 10 nitrogen and oxygen atoms in total. The molecule has 0 aliphatic carbocycles. The Kier molecular flexibility index (Phi) is 5.87. The number of nitrogens with zero attached hydrogens (tertiary/aromatic N) is 3. The number of non-ortho nitro benzene ring substituents is 1. The molecule has 31 heavy (non-hydrogen) atoms. The summed E-state index contributed by atoms with van der Waals surface area (Å²) in [6.45, 7) is 1.40. The van der Waals surface area contributed by atoms with Crippen LogP contribution in [0.3, 0.4) is 0 Å². The number of morpholine rings is 1. The molecular weight excluding hydrogens is 426 g/mol. The van der Waals surface area contributed by atoms with Gasteiger partial charge in [0.1, 0.15) is 18.1 Å². The van der Waals surface area contributed by atoms with Crippen LogP contribution in [-0.2, 0) is 14.3 Å². The van der Waals surface area contributed by atoms with E-state index in [1.165, 1.54) is 18.2 Å². The van der Waals surface area contributed by atoms with E-state index in [1.807, 2.05) is 0 Å². The van der Waals surface area contributed by atoms with Gasteiger partial charge in [-0.3, -0.25) is 29.4 Å². The maximum atomic E-state index is 12.6. The van der Waals surface area contributed by atoms with Crippen molar-refractivity contribution in [2.75, 3.05) is 32.8 Å². The van der Waals surface area contributed by atoms with Crippen molar-refractivity contribution in [3.63, 3.8) is 0 Å². The molecule has 0 atom stereocenters. The molecule has 0 saturated carbocycles. The van der Waals surface area contributed by atoms with Crippen molar-refractivity contribution in [2.24, 2.45) is 0 Å². The number of amides is 3. The van der Waals surface area contributed by atoms with Crippen LogP contribution in [0.25, 0.3) is 17.4 Å². The van der Waals surface area contributed by atoms with Crippen LogP contribution in [0.15, 0.2) is 45.7 Å². The molecule has 0 N–H and O–H groups in total. The molecule has 2 aromatic rings. The summed E-state index contributed by atoms with van der Waals surface area (Å²) in [7, 11) is 0. The average Bonchev–Trinajstić information content (AvgIpc) is 3.35. The van der Waals surface area contributed by atoms with Gasteiger partial charge in [0.25, 0.3) is 16.8 Å². The molecule has 11 heteroatoms. The molecule has 1 aromatic heterocycles. The van der Waals surface area contributed by atoms with E-state index in [4.69, 9.17) is 9.15 Å². The second-order valence-corrected chi connectivity index (χ2v) is 7.76. The molecule has 0 unspecified atom stereocenters. The second kappa shape index (κ2) is 8.74. The van der Waals surface area contributed by atoms with Gasteiger partial charge in [-0.2, -0.15) is 0 Å². The first-order valence-corrected chi connectivity index (χ1v) is 10.2. The SMILES string of the molecule is O=C(CN1C(=O)S/C(=C/c2ccc(-c3cccc([N+](=O)[O-])c3)o2)C1=O)N1CCOCC1. The fourth-order valence-electron chi connectivity index (χ4n) is 3.17. The zero-order chi connectivity index (χ0) is 22.0. The van der Waals surface area contributed by atoms with Crippen LogP contribution in [0.2, 0.25) is 0 Å². The third-order valence-electron chi connectivity index (χ3n) is 4.77. The Bertz CT molecular complexity index is 1090. The van der Waals surface area contributed by atoms with Gasteiger partial charge in [-0.05, 0) is 23.9 Å². The summed E-state index contributed by atoms with van der Waals surface area (Å²) in [4.78, 5) is 50.4. The van der Waals surface area contributed by atoms with Gasteiger partial charge in [0, 0.05) is 36.9 Å². The number of ether oxygens (including phenoxy) is 1. The van der Waals surface area contributed by atoms with Crippen LogP contribution in [0.4, 0.5) is 10.5 Å². The highest BCUT2D eigenvalue weighted by Crippen LogP contribution is 2.33. The summed E-state index contributed by atoms with van der Waals surface area (Å²) in [6.07, 6.45) is 1.42. The van der Waals surface area contributed by atoms with E-state index in [9.17, 15) is 24.5 Å². The first kappa shape index (κ1) is 20.8. The monoisotopic (exact) mass is 443 g/mol. The molecule has 3 amide bonds. The lowest BCUT2D eigenvalue weighted by molar-refractivity contribution is -0.384. The highest BCUT2D eigenvalue weighted by molar-refractivity contribution is 8.18. The Labute approximate surface area is 180 Å². The predicted octanol–water partition coefficient (Wildman–Crippen LogP) is 2.75. The van der Waals surface area contributed by atoms with Crippen molar-refractivity contribution in [1.82, 2.24) is 9.80 Å². The number of imide groups is 1. The Morgan fingerprint density at radius 2 is 1.97 bits per heavy atom. The number of thioether (sulfide) groups is 1. The van der Waals surface area contributed by atoms with Gasteiger partial charge in [-0.25, -0.2) is 0 Å². The van der Waals surface area contributed by atoms with Gasteiger partial charge in [0.05, 0.1) is 23.0 Å². The average molecular weight is 443 g/mol. The molecule has 1 aromatic carbocycles. The predicted molar refractivity (Wildman–Crippen MR) is 111 cm³/mol. The topological polar surface area (TPSA) is 123 Å². The molecule has 0 radical (unpaired) electrons. The van der Waals surface area contributed by atoms with Crippen molar-refractivity contribution < 1.29 is 28.5 Å². The van der Waals surface area contributed by atoms with Crippen LogP contribution < -0.4 is 0 Å². The summed E-state index contributed by atoms with van der Waals surface area (Å²) in [5.41, 5.74) is 0.444. The van der Waals surface area contributed by atoms with Gasteiger partial charge >= 0.3 is 0 Å². The maximum Gasteiger partial charge on any atom is 0.294 e. The maximum absolute atomic E-state index is 12.6. The molecule has 2 aliphatic rings. The summed E-state index contributed by atoms with van der Waals surface area (Å²) >= 11 is 0.730. The van der Waals surface area contributed by atoms with E-state index >= 15 is 0 Å². The Morgan fingerprint density at radius 1 is 1.19 bits per heavy atom. The minimum Gasteiger partial charge on any atom is -0.457 e. The lowest BCUT2D eigenvalue weighted by Gasteiger charge is -2.27. The summed E-state index contributed by atoms with van der Waals surface area (Å²) < 4.78 is 10.9. The lowest BCUT2D eigenvalue weighted by atomic mass is 10.1. The third kappa shape index (κ3) is 4.52. The Balaban J connectivity index is 1.48. The minimum absolute atomic E-state index is 0.0681. The van der Waals surface area contributed by atoms with Gasteiger partial charge in [0.15, 0.2) is 0 Å². The minimum atomic E-state index is -0.565. The van der Waals surface area contributed by atoms with E-state index in [-0.39, 0.29) is 23.0 Å². The van der Waals surface area contributed by atoms with Crippen LogP contribution in [0.5, 0.6) is 0 Å². The molecule has 3 heterocycles. The molecule has 2 saturated heterocycles. The molecule has 4 rings (SSSR count). The number of hydrogen-bond donors (Lipinski definition) is 0. The zero-order valence-corrected chi connectivity index (χ0v) is 17.0. The van der Waals surface area contributed by atoms with Gasteiger partial charge in [-0.1, -0.05) is 12.1 Å². The Morgan fingerprint density at radius 3 is 2.71 bits per heavy atom. The van der Waals surface area contributed by atoms with Gasteiger partial charge in [-0.15, -0.1) is 0 Å². The van der Waals surface area contributed by atoms with Crippen molar-refractivity contribution >= 4 is 40.6 Å². The molecular formula is C20H17N3O7S. The normalized spacial score (nSPS) is 18.1. The highest BCUT2D eigenvalue weighted by Gasteiger charge is 2.37. The number of nitro benzene ring substituents is 1. The van der Waals surface area contributed by atoms with E-state index in [1.54, 1.807) is 29.2 Å². The third-order valence-corrected chi connectivity index (χ3v) is 5.68. The van der Waals surface area contributed by atoms with Gasteiger partial charge < -0.3 is 14.1 Å². The molecule has 0 bridgehead atoms. The van der Waals surface area contributed by atoms with E-state index in [2.05, 4.69) is 0 Å². The number of furan rings is 1. The summed E-state index contributed by atoms with van der Waals surface area (Å²) in [6, 6.07) is 9.20. The van der Waals surface area contributed by atoms with Crippen LogP contribution in [0, 0.1) is 10.1 Å². The van der Waals surface area contributed by atoms with Crippen molar-refractivity contribution in [2.45, 2.75) is 0 Å². The number of rotatable bonds is 5. The second-order valence-electron chi connectivity index (χ2n) is 6.77. The zero-order valence-electron chi connectivity index (χ0n) is 16.2. The van der Waals surface area contributed by atoms with Crippen molar-refractivity contribution in [1.29, 1.82) is 0 Å². The molecule has 160 valence electrons. The van der Waals surface area contributed by atoms with E-state index < -0.39 is 16.1 Å². The number of carbonyl (C=O) groups is 3. The quantitative estimate of drug-likeness (QED) is 0.393. The van der Waals surface area contributed by atoms with Crippen LogP contribution >= 0.6 is 11.8 Å². The fraction of sp³-hybridized carbons (Fsp3) is 0.250. The number of benzene rings is 1. The van der Waals surface area contributed by atoms with E-state index in [0.717, 1.165) is 16.7 Å². The fourth-order valence-corrected chi connectivity index (χ4v) is 3.99. The molecule has 2 fully saturated rings.